The number of carbonyl (C=O) groups is 3. The molecule has 4 atom stereocenters. The molecule has 2 aromatic heterocycles. The van der Waals surface area contributed by atoms with Gasteiger partial charge in [-0.15, -0.1) is 11.3 Å². The second-order valence-electron chi connectivity index (χ2n) is 15.5. The zero-order valence-electron chi connectivity index (χ0n) is 33.7. The summed E-state index contributed by atoms with van der Waals surface area (Å²) in [5.41, 5.74) is 3.02. The molecule has 0 spiro atoms. The largest absolute Gasteiger partial charge is 0.497 e. The number of esters is 1. The van der Waals surface area contributed by atoms with Crippen LogP contribution in [0.4, 0.5) is 4.79 Å². The van der Waals surface area contributed by atoms with Gasteiger partial charge in [0, 0.05) is 47.8 Å². The van der Waals surface area contributed by atoms with Crippen molar-refractivity contribution in [2.24, 2.45) is 5.92 Å². The molecule has 7 rings (SSSR count). The second kappa shape index (κ2) is 17.1. The van der Waals surface area contributed by atoms with Crippen LogP contribution in [0.25, 0.3) is 21.6 Å². The van der Waals surface area contributed by atoms with Gasteiger partial charge in [0.1, 0.15) is 45.6 Å². The van der Waals surface area contributed by atoms with Gasteiger partial charge < -0.3 is 34.1 Å². The Bertz CT molecular complexity index is 2130. The number of carbonyl (C=O) groups excluding carboxylic acids is 3. The van der Waals surface area contributed by atoms with Crippen LogP contribution in [0, 0.1) is 12.8 Å². The number of hydrogen-bond donors (Lipinski definition) is 1. The van der Waals surface area contributed by atoms with Gasteiger partial charge in [0.25, 0.3) is 0 Å². The first-order chi connectivity index (χ1) is 27.5. The van der Waals surface area contributed by atoms with Gasteiger partial charge in [0.05, 0.1) is 38.6 Å². The van der Waals surface area contributed by atoms with Gasteiger partial charge in [-0.3, -0.25) is 4.79 Å². The van der Waals surface area contributed by atoms with Gasteiger partial charge in [-0.1, -0.05) is 44.6 Å². The predicted molar refractivity (Wildman–Crippen MR) is 220 cm³/mol. The van der Waals surface area contributed by atoms with E-state index in [1.807, 2.05) is 60.4 Å². The van der Waals surface area contributed by atoms with Crippen LogP contribution >= 0.6 is 11.3 Å². The van der Waals surface area contributed by atoms with Crippen molar-refractivity contribution in [1.82, 2.24) is 25.1 Å². The summed E-state index contributed by atoms with van der Waals surface area (Å²) in [5, 5.41) is 6.70. The van der Waals surface area contributed by atoms with Crippen molar-refractivity contribution < 1.29 is 33.3 Å². The van der Waals surface area contributed by atoms with Crippen molar-refractivity contribution >= 4 is 40.1 Å². The fraction of sp³-hybridized carbons (Fsp3) is 0.477. The number of pyridine rings is 1. The van der Waals surface area contributed by atoms with Crippen LogP contribution < -0.4 is 19.5 Å². The number of hydrogen-bond acceptors (Lipinski definition) is 10. The zero-order valence-corrected chi connectivity index (χ0v) is 34.5. The van der Waals surface area contributed by atoms with E-state index in [1.54, 1.807) is 26.0 Å². The number of benzene rings is 2. The third-order valence-corrected chi connectivity index (χ3v) is 12.2. The number of aromatic nitrogens is 2. The van der Waals surface area contributed by atoms with Crippen LogP contribution in [0.2, 0.25) is 0 Å². The molecule has 302 valence electrons. The topological polar surface area (TPSA) is 132 Å². The lowest BCUT2D eigenvalue weighted by Crippen LogP contribution is -2.55. The monoisotopic (exact) mass is 795 g/mol. The molecule has 2 aliphatic heterocycles. The molecule has 1 saturated carbocycles. The van der Waals surface area contributed by atoms with E-state index in [9.17, 15) is 14.4 Å². The van der Waals surface area contributed by atoms with Crippen molar-refractivity contribution in [2.75, 3.05) is 33.9 Å². The molecule has 2 aromatic carbocycles. The van der Waals surface area contributed by atoms with E-state index in [2.05, 4.69) is 30.6 Å². The second-order valence-corrected chi connectivity index (χ2v) is 16.4. The molecule has 1 aliphatic carbocycles. The summed E-state index contributed by atoms with van der Waals surface area (Å²) < 4.78 is 23.4. The summed E-state index contributed by atoms with van der Waals surface area (Å²) in [6, 6.07) is 12.3. The average Bonchev–Trinajstić information content (AvgIpc) is 3.49. The third kappa shape index (κ3) is 8.44. The predicted octanol–water partition coefficient (Wildman–Crippen LogP) is 7.82. The van der Waals surface area contributed by atoms with Crippen LogP contribution in [0.15, 0.2) is 60.0 Å². The van der Waals surface area contributed by atoms with E-state index in [1.165, 1.54) is 11.3 Å². The first-order valence-electron chi connectivity index (χ1n) is 20.0. The minimum absolute atomic E-state index is 0.162. The van der Waals surface area contributed by atoms with Crippen LogP contribution in [-0.2, 0) is 20.9 Å². The van der Waals surface area contributed by atoms with E-state index in [4.69, 9.17) is 28.9 Å². The first-order valence-corrected chi connectivity index (χ1v) is 20.9. The number of nitrogens with one attached hydrogen (secondary N) is 1. The fourth-order valence-corrected chi connectivity index (χ4v) is 8.83. The number of ether oxygens (including phenoxy) is 4. The maximum absolute atomic E-state index is 14.8. The smallest absolute Gasteiger partial charge is 0.332 e. The minimum Gasteiger partial charge on any atom is -0.497 e. The molecule has 1 N–H and O–H groups in total. The number of allylic oxidation sites excluding steroid dienone is 1. The Morgan fingerprint density at radius 2 is 1.84 bits per heavy atom. The molecule has 0 radical (unpaired) electrons. The molecule has 3 amide bonds. The Labute approximate surface area is 338 Å². The van der Waals surface area contributed by atoms with E-state index in [0.29, 0.717) is 36.7 Å². The Morgan fingerprint density at radius 3 is 2.56 bits per heavy atom. The highest BCUT2D eigenvalue weighted by atomic mass is 32.1. The maximum atomic E-state index is 14.8. The summed E-state index contributed by atoms with van der Waals surface area (Å²) in [5.74, 6) is 1.24. The lowest BCUT2D eigenvalue weighted by molar-refractivity contribution is -0.149. The Morgan fingerprint density at radius 1 is 1.04 bits per heavy atom. The van der Waals surface area contributed by atoms with Gasteiger partial charge in [-0.2, -0.15) is 0 Å². The average molecular weight is 796 g/mol. The molecule has 1 saturated heterocycles. The van der Waals surface area contributed by atoms with Gasteiger partial charge in [-0.05, 0) is 75.3 Å². The van der Waals surface area contributed by atoms with Gasteiger partial charge in [-0.25, -0.2) is 19.6 Å². The first kappa shape index (κ1) is 40.0. The van der Waals surface area contributed by atoms with Crippen LogP contribution in [0.3, 0.4) is 0 Å². The summed E-state index contributed by atoms with van der Waals surface area (Å²) in [4.78, 5) is 56.2. The molecule has 2 fully saturated rings. The molecule has 12 nitrogen and oxygen atoms in total. The summed E-state index contributed by atoms with van der Waals surface area (Å²) in [6.45, 7) is 9.19. The van der Waals surface area contributed by atoms with Gasteiger partial charge in [0.2, 0.25) is 5.91 Å². The highest BCUT2D eigenvalue weighted by molar-refractivity contribution is 7.13. The minimum atomic E-state index is -1.17. The summed E-state index contributed by atoms with van der Waals surface area (Å²) in [6.07, 6.45) is 7.78. The number of fused-ring (bicyclic) bond motifs is 3. The third-order valence-electron chi connectivity index (χ3n) is 11.3. The quantitative estimate of drug-likeness (QED) is 0.126. The summed E-state index contributed by atoms with van der Waals surface area (Å²) >= 11 is 1.53. The Kier molecular flexibility index (Phi) is 12.0. The summed E-state index contributed by atoms with van der Waals surface area (Å²) in [7, 11) is 3.26. The number of amides is 3. The number of aryl methyl sites for hydroxylation is 1. The van der Waals surface area contributed by atoms with Crippen LogP contribution in [-0.4, -0.2) is 89.3 Å². The molecule has 4 heterocycles. The van der Waals surface area contributed by atoms with E-state index >= 15 is 0 Å². The van der Waals surface area contributed by atoms with Crippen molar-refractivity contribution in [3.05, 3.63) is 76.8 Å². The molecule has 3 aliphatic rings. The number of urea groups is 1. The van der Waals surface area contributed by atoms with Crippen molar-refractivity contribution in [1.29, 1.82) is 0 Å². The molecule has 57 heavy (non-hydrogen) atoms. The van der Waals surface area contributed by atoms with Crippen LogP contribution in [0.1, 0.15) is 82.0 Å². The van der Waals surface area contributed by atoms with Gasteiger partial charge >= 0.3 is 12.0 Å². The van der Waals surface area contributed by atoms with E-state index in [-0.39, 0.29) is 37.4 Å². The van der Waals surface area contributed by atoms with Crippen LogP contribution in [0.5, 0.6) is 17.2 Å². The molecule has 4 aromatic rings. The van der Waals surface area contributed by atoms with E-state index < -0.39 is 29.6 Å². The van der Waals surface area contributed by atoms with Crippen molar-refractivity contribution in [3.63, 3.8) is 0 Å². The lowest BCUT2D eigenvalue weighted by atomic mass is 10.1. The number of rotatable bonds is 10. The van der Waals surface area contributed by atoms with E-state index in [0.717, 1.165) is 64.2 Å². The number of nitrogens with zero attached hydrogens (tertiary/aromatic N) is 4. The maximum Gasteiger partial charge on any atom is 0.332 e. The molecule has 13 heteroatoms. The Balaban J connectivity index is 1.25. The molecular weight excluding hydrogens is 743 g/mol. The van der Waals surface area contributed by atoms with Crippen molar-refractivity contribution in [3.8, 4) is 28.0 Å². The number of methoxy groups -OCH3 is 2. The Hall–Kier alpha value is -5.17. The lowest BCUT2D eigenvalue weighted by Gasteiger charge is -2.32. The van der Waals surface area contributed by atoms with Crippen molar-refractivity contribution in [2.45, 2.75) is 96.4 Å². The highest BCUT2D eigenvalue weighted by Crippen LogP contribution is 2.46. The highest BCUT2D eigenvalue weighted by Gasteiger charge is 2.62. The van der Waals surface area contributed by atoms with Gasteiger partial charge in [0.15, 0.2) is 0 Å². The molecular formula is C44H53N5O7S. The molecule has 4 unspecified atom stereocenters. The SMILES string of the molecule is CCOC(=O)C12CC1/C=C\CCCCCN(Cc1ccc(OC)cc1)C(=O)N1CC(Oc3cc(-c4nc(C(C)C)cs4)nc4c(C)c(OC)ccc34)CC1C(=O)N2. The fourth-order valence-electron chi connectivity index (χ4n) is 7.89. The molecule has 0 bridgehead atoms. The zero-order chi connectivity index (χ0) is 40.3. The standard InChI is InChI=1S/C44H53N5O7S/c1-7-55-42(51)44-23-30(44)13-11-9-8-10-12-20-48(24-29-14-16-31(53-5)17-15-29)43(52)49-25-32(21-36(49)40(50)47-44)56-38-22-34(41-46-35(26-57-41)27(2)3)45-39-28(4)37(54-6)19-18-33(38)39/h11,13-19,22,26-27,30,32,36H,7-10,12,20-21,23-25H2,1-6H3,(H,47,50)/b13-11-. The number of thiazole rings is 1. The normalized spacial score (nSPS) is 23.2.